The van der Waals surface area contributed by atoms with E-state index in [9.17, 15) is 4.39 Å². The zero-order valence-corrected chi connectivity index (χ0v) is 13.4. The van der Waals surface area contributed by atoms with Crippen LogP contribution in [0.5, 0.6) is 0 Å². The Morgan fingerprint density at radius 2 is 2.30 bits per heavy atom. The SMILES string of the molecule is NC(N=CCF)=NC1=CC/C=C(/CN2CCCNCC2)CC=N1. The van der Waals surface area contributed by atoms with Gasteiger partial charge in [-0.05, 0) is 32.0 Å². The van der Waals surface area contributed by atoms with Gasteiger partial charge in [0.05, 0.1) is 0 Å². The molecule has 0 aromatic heterocycles. The van der Waals surface area contributed by atoms with Gasteiger partial charge in [0.2, 0.25) is 5.96 Å². The molecule has 2 aliphatic rings. The van der Waals surface area contributed by atoms with Gasteiger partial charge >= 0.3 is 0 Å². The molecule has 0 amide bonds. The van der Waals surface area contributed by atoms with E-state index in [4.69, 9.17) is 5.73 Å². The molecule has 1 fully saturated rings. The van der Waals surface area contributed by atoms with Crippen molar-refractivity contribution in [3.05, 3.63) is 23.5 Å². The Hall–Kier alpha value is -1.86. The van der Waals surface area contributed by atoms with Gasteiger partial charge in [-0.15, -0.1) is 0 Å². The van der Waals surface area contributed by atoms with Gasteiger partial charge in [0.25, 0.3) is 0 Å². The molecule has 0 aromatic carbocycles. The Labute approximate surface area is 136 Å². The Morgan fingerprint density at radius 1 is 1.39 bits per heavy atom. The summed E-state index contributed by atoms with van der Waals surface area (Å²) in [5.74, 6) is 0.542. The van der Waals surface area contributed by atoms with E-state index < -0.39 is 6.67 Å². The lowest BCUT2D eigenvalue weighted by molar-refractivity contribution is 0.316. The predicted molar refractivity (Wildman–Crippen MR) is 93.9 cm³/mol. The number of guanidine groups is 1. The average Bonchev–Trinajstić information content (AvgIpc) is 2.78. The lowest BCUT2D eigenvalue weighted by atomic mass is 10.1. The van der Waals surface area contributed by atoms with Crippen LogP contribution in [-0.4, -0.2) is 62.7 Å². The fourth-order valence-electron chi connectivity index (χ4n) is 2.55. The zero-order chi connectivity index (χ0) is 16.3. The van der Waals surface area contributed by atoms with Gasteiger partial charge in [-0.3, -0.25) is 4.90 Å². The fourth-order valence-corrected chi connectivity index (χ4v) is 2.55. The first kappa shape index (κ1) is 17.5. The molecular formula is C16H25FN6. The molecule has 2 aliphatic heterocycles. The molecule has 0 aliphatic carbocycles. The van der Waals surface area contributed by atoms with Crippen LogP contribution in [0, 0.1) is 0 Å². The van der Waals surface area contributed by atoms with Crippen molar-refractivity contribution in [3.63, 3.8) is 0 Å². The van der Waals surface area contributed by atoms with Crippen molar-refractivity contribution in [2.45, 2.75) is 19.3 Å². The molecule has 2 heterocycles. The van der Waals surface area contributed by atoms with Crippen molar-refractivity contribution in [1.29, 1.82) is 0 Å². The molecule has 1 saturated heterocycles. The summed E-state index contributed by atoms with van der Waals surface area (Å²) in [6.45, 7) is 4.71. The van der Waals surface area contributed by atoms with Gasteiger partial charge in [0, 0.05) is 38.5 Å². The monoisotopic (exact) mass is 320 g/mol. The number of nitrogens with one attached hydrogen (secondary N) is 1. The summed E-state index contributed by atoms with van der Waals surface area (Å²) in [4.78, 5) is 14.6. The highest BCUT2D eigenvalue weighted by Gasteiger charge is 2.10. The first-order chi connectivity index (χ1) is 11.3. The van der Waals surface area contributed by atoms with E-state index in [-0.39, 0.29) is 5.96 Å². The highest BCUT2D eigenvalue weighted by atomic mass is 19.1. The normalized spacial score (nSPS) is 23.8. The van der Waals surface area contributed by atoms with Crippen LogP contribution in [0.4, 0.5) is 4.39 Å². The third kappa shape index (κ3) is 6.83. The molecule has 0 unspecified atom stereocenters. The maximum absolute atomic E-state index is 12.0. The van der Waals surface area contributed by atoms with Crippen molar-refractivity contribution in [1.82, 2.24) is 10.2 Å². The minimum atomic E-state index is -0.656. The van der Waals surface area contributed by atoms with Crippen molar-refractivity contribution in [2.75, 3.05) is 39.4 Å². The largest absolute Gasteiger partial charge is 0.368 e. The van der Waals surface area contributed by atoms with Crippen LogP contribution in [0.15, 0.2) is 38.5 Å². The summed E-state index contributed by atoms with van der Waals surface area (Å²) < 4.78 is 12.0. The first-order valence-corrected chi connectivity index (χ1v) is 8.04. The first-order valence-electron chi connectivity index (χ1n) is 8.04. The fraction of sp³-hybridized carbons (Fsp3) is 0.562. The molecule has 2 rings (SSSR count). The van der Waals surface area contributed by atoms with Crippen LogP contribution in [-0.2, 0) is 0 Å². The second-order valence-corrected chi connectivity index (χ2v) is 5.49. The molecule has 0 radical (unpaired) electrons. The Balaban J connectivity index is 1.92. The number of nitrogens with zero attached hydrogens (tertiary/aromatic N) is 4. The van der Waals surface area contributed by atoms with Crippen LogP contribution in [0.25, 0.3) is 0 Å². The van der Waals surface area contributed by atoms with Crippen molar-refractivity contribution in [2.24, 2.45) is 20.7 Å². The van der Waals surface area contributed by atoms with Crippen molar-refractivity contribution < 1.29 is 4.39 Å². The highest BCUT2D eigenvalue weighted by molar-refractivity contribution is 5.87. The maximum atomic E-state index is 12.0. The zero-order valence-electron chi connectivity index (χ0n) is 13.4. The van der Waals surface area contributed by atoms with Crippen molar-refractivity contribution >= 4 is 18.4 Å². The summed E-state index contributed by atoms with van der Waals surface area (Å²) in [7, 11) is 0. The van der Waals surface area contributed by atoms with Gasteiger partial charge in [-0.25, -0.2) is 14.4 Å². The third-order valence-electron chi connectivity index (χ3n) is 3.67. The van der Waals surface area contributed by atoms with Crippen LogP contribution >= 0.6 is 0 Å². The molecule has 126 valence electrons. The number of hydrogen-bond donors (Lipinski definition) is 2. The van der Waals surface area contributed by atoms with Crippen LogP contribution < -0.4 is 11.1 Å². The van der Waals surface area contributed by atoms with Gasteiger partial charge in [0.1, 0.15) is 6.67 Å². The number of halogens is 1. The van der Waals surface area contributed by atoms with E-state index >= 15 is 0 Å². The molecule has 0 saturated carbocycles. The maximum Gasteiger partial charge on any atom is 0.221 e. The van der Waals surface area contributed by atoms with E-state index in [0.29, 0.717) is 5.82 Å². The van der Waals surface area contributed by atoms with Crippen LogP contribution in [0.2, 0.25) is 0 Å². The smallest absolute Gasteiger partial charge is 0.221 e. The molecule has 0 aromatic rings. The van der Waals surface area contributed by atoms with Gasteiger partial charge in [-0.1, -0.05) is 11.6 Å². The molecule has 7 heteroatoms. The molecule has 0 spiro atoms. The molecule has 3 N–H and O–H groups in total. The number of aliphatic imine (C=N–C) groups is 3. The molecule has 0 atom stereocenters. The van der Waals surface area contributed by atoms with Crippen molar-refractivity contribution in [3.8, 4) is 0 Å². The van der Waals surface area contributed by atoms with Gasteiger partial charge in [-0.2, -0.15) is 4.99 Å². The molecular weight excluding hydrogens is 295 g/mol. The summed E-state index contributed by atoms with van der Waals surface area (Å²) >= 11 is 0. The topological polar surface area (TPSA) is 78.4 Å². The minimum Gasteiger partial charge on any atom is -0.368 e. The predicted octanol–water partition coefficient (Wildman–Crippen LogP) is 1.27. The quantitative estimate of drug-likeness (QED) is 0.465. The number of rotatable bonds is 4. The van der Waals surface area contributed by atoms with Crippen LogP contribution in [0.3, 0.4) is 0 Å². The average molecular weight is 320 g/mol. The van der Waals surface area contributed by atoms with E-state index in [0.717, 1.165) is 51.8 Å². The number of alkyl halides is 1. The van der Waals surface area contributed by atoms with E-state index in [2.05, 4.69) is 31.3 Å². The minimum absolute atomic E-state index is 0.0212. The lowest BCUT2D eigenvalue weighted by Crippen LogP contribution is -2.30. The molecule has 23 heavy (non-hydrogen) atoms. The van der Waals surface area contributed by atoms with E-state index in [1.807, 2.05) is 12.3 Å². The van der Waals surface area contributed by atoms with Crippen LogP contribution in [0.1, 0.15) is 19.3 Å². The number of allylic oxidation sites excluding steroid dienone is 2. The third-order valence-corrected chi connectivity index (χ3v) is 3.67. The lowest BCUT2D eigenvalue weighted by Gasteiger charge is -2.21. The summed E-state index contributed by atoms with van der Waals surface area (Å²) in [6, 6.07) is 0. The Bertz CT molecular complexity index is 513. The molecule has 6 nitrogen and oxygen atoms in total. The Kier molecular flexibility index (Phi) is 7.62. The summed E-state index contributed by atoms with van der Waals surface area (Å²) in [5.41, 5.74) is 6.96. The van der Waals surface area contributed by atoms with Gasteiger partial charge < -0.3 is 11.1 Å². The summed E-state index contributed by atoms with van der Waals surface area (Å²) in [5, 5.41) is 3.42. The second kappa shape index (κ2) is 10.0. The van der Waals surface area contributed by atoms with Gasteiger partial charge in [0.15, 0.2) is 5.82 Å². The van der Waals surface area contributed by atoms with E-state index in [1.54, 1.807) is 0 Å². The standard InChI is InChI=1S/C16H25FN6/c17-6-9-21-16(18)22-15-4-1-3-14(5-8-20-15)13-23-11-2-7-19-10-12-23/h3-4,8-9,19H,1-2,5-7,10-13H2,(H2,18,22)/b14-3+,15-4?,20-8?,21-9?. The highest BCUT2D eigenvalue weighted by Crippen LogP contribution is 2.12. The Morgan fingerprint density at radius 3 is 3.17 bits per heavy atom. The number of nitrogens with two attached hydrogens (primary N) is 1. The number of hydrogen-bond acceptors (Lipinski definition) is 4. The second-order valence-electron chi connectivity index (χ2n) is 5.49. The molecule has 0 bridgehead atoms. The summed E-state index contributed by atoms with van der Waals surface area (Å²) in [6.07, 6.45) is 9.82. The van der Waals surface area contributed by atoms with E-state index in [1.165, 1.54) is 12.0 Å².